The van der Waals surface area contributed by atoms with Crippen LogP contribution in [0.15, 0.2) is 29.8 Å². The van der Waals surface area contributed by atoms with Gasteiger partial charge in [0.15, 0.2) is 6.04 Å². The number of carbonyl (C=O) groups is 1. The Morgan fingerprint density at radius 3 is 2.86 bits per heavy atom. The minimum absolute atomic E-state index is 0.298. The Kier molecular flexibility index (Phi) is 7.42. The number of aliphatic imine (C=N–C) groups is 1. The molecule has 0 aromatic rings. The SMILES string of the molecule is C=CCC(N=C/C=C/C)C(=O)OCC. The van der Waals surface area contributed by atoms with Gasteiger partial charge in [0.05, 0.1) is 6.61 Å². The molecule has 0 aliphatic carbocycles. The molecule has 0 spiro atoms. The van der Waals surface area contributed by atoms with E-state index in [2.05, 4.69) is 11.6 Å². The predicted molar refractivity (Wildman–Crippen MR) is 58.5 cm³/mol. The predicted octanol–water partition coefficient (Wildman–Crippen LogP) is 2.14. The van der Waals surface area contributed by atoms with Gasteiger partial charge in [0.2, 0.25) is 0 Å². The molecule has 0 saturated heterocycles. The van der Waals surface area contributed by atoms with Gasteiger partial charge in [-0.3, -0.25) is 4.99 Å². The lowest BCUT2D eigenvalue weighted by molar-refractivity contribution is -0.144. The summed E-state index contributed by atoms with van der Waals surface area (Å²) in [5.41, 5.74) is 0. The number of carbonyl (C=O) groups excluding carboxylic acids is 1. The molecule has 1 unspecified atom stereocenters. The normalized spacial score (nSPS) is 13.3. The van der Waals surface area contributed by atoms with Crippen LogP contribution >= 0.6 is 0 Å². The van der Waals surface area contributed by atoms with Crippen LogP contribution in [0.5, 0.6) is 0 Å². The Labute approximate surface area is 85.2 Å². The minimum atomic E-state index is -0.455. The third kappa shape index (κ3) is 5.30. The van der Waals surface area contributed by atoms with Crippen molar-refractivity contribution < 1.29 is 9.53 Å². The number of hydrogen-bond donors (Lipinski definition) is 0. The van der Waals surface area contributed by atoms with Crippen LogP contribution in [0.25, 0.3) is 0 Å². The first-order chi connectivity index (χ1) is 6.76. The van der Waals surface area contributed by atoms with Gasteiger partial charge in [-0.1, -0.05) is 12.2 Å². The summed E-state index contributed by atoms with van der Waals surface area (Å²) in [6.45, 7) is 7.62. The average molecular weight is 195 g/mol. The van der Waals surface area contributed by atoms with E-state index in [4.69, 9.17) is 4.74 Å². The molecule has 0 radical (unpaired) electrons. The van der Waals surface area contributed by atoms with Crippen LogP contribution in [0.3, 0.4) is 0 Å². The summed E-state index contributed by atoms with van der Waals surface area (Å²) in [4.78, 5) is 15.4. The second-order valence-corrected chi connectivity index (χ2v) is 2.62. The number of ether oxygens (including phenoxy) is 1. The third-order valence-electron chi connectivity index (χ3n) is 1.49. The molecule has 0 N–H and O–H groups in total. The average Bonchev–Trinajstić information content (AvgIpc) is 2.17. The van der Waals surface area contributed by atoms with Crippen molar-refractivity contribution in [3.63, 3.8) is 0 Å². The number of esters is 1. The summed E-state index contributed by atoms with van der Waals surface area (Å²) in [5, 5.41) is 0. The highest BCUT2D eigenvalue weighted by molar-refractivity contribution is 5.80. The van der Waals surface area contributed by atoms with E-state index in [1.165, 1.54) is 0 Å². The Morgan fingerprint density at radius 2 is 2.36 bits per heavy atom. The largest absolute Gasteiger partial charge is 0.464 e. The molecule has 14 heavy (non-hydrogen) atoms. The number of nitrogens with zero attached hydrogens (tertiary/aromatic N) is 1. The first-order valence-corrected chi connectivity index (χ1v) is 4.68. The fraction of sp³-hybridized carbons (Fsp3) is 0.455. The van der Waals surface area contributed by atoms with Gasteiger partial charge in [-0.2, -0.15) is 0 Å². The van der Waals surface area contributed by atoms with Crippen molar-refractivity contribution in [2.45, 2.75) is 26.3 Å². The molecule has 0 fully saturated rings. The van der Waals surface area contributed by atoms with Crippen LogP contribution in [0.4, 0.5) is 0 Å². The maximum Gasteiger partial charge on any atom is 0.331 e. The highest BCUT2D eigenvalue weighted by Gasteiger charge is 2.15. The lowest BCUT2D eigenvalue weighted by Crippen LogP contribution is -2.20. The molecule has 0 heterocycles. The standard InChI is InChI=1S/C11H17NO2/c1-4-7-9-12-10(8-5-2)11(13)14-6-3/h4-5,7,9-10H,2,6,8H2,1,3H3/b7-4+,12-9?. The Morgan fingerprint density at radius 1 is 1.64 bits per heavy atom. The zero-order chi connectivity index (χ0) is 10.8. The minimum Gasteiger partial charge on any atom is -0.464 e. The van der Waals surface area contributed by atoms with Crippen LogP contribution in [0.2, 0.25) is 0 Å². The van der Waals surface area contributed by atoms with E-state index < -0.39 is 6.04 Å². The van der Waals surface area contributed by atoms with Gasteiger partial charge in [-0.15, -0.1) is 6.58 Å². The van der Waals surface area contributed by atoms with Gasteiger partial charge >= 0.3 is 5.97 Å². The van der Waals surface area contributed by atoms with Gasteiger partial charge in [0.25, 0.3) is 0 Å². The maximum absolute atomic E-state index is 11.3. The molecular weight excluding hydrogens is 178 g/mol. The fourth-order valence-corrected chi connectivity index (χ4v) is 0.854. The molecule has 0 amide bonds. The zero-order valence-electron chi connectivity index (χ0n) is 8.77. The van der Waals surface area contributed by atoms with E-state index in [9.17, 15) is 4.79 Å². The molecule has 3 nitrogen and oxygen atoms in total. The van der Waals surface area contributed by atoms with Crippen LogP contribution in [0.1, 0.15) is 20.3 Å². The number of rotatable bonds is 6. The highest BCUT2D eigenvalue weighted by Crippen LogP contribution is 2.01. The van der Waals surface area contributed by atoms with Gasteiger partial charge in [-0.25, -0.2) is 4.79 Å². The molecule has 0 rings (SSSR count). The van der Waals surface area contributed by atoms with E-state index in [1.54, 1.807) is 25.3 Å². The van der Waals surface area contributed by atoms with E-state index in [0.717, 1.165) is 0 Å². The van der Waals surface area contributed by atoms with E-state index in [-0.39, 0.29) is 5.97 Å². The monoisotopic (exact) mass is 195 g/mol. The maximum atomic E-state index is 11.3. The molecule has 1 atom stereocenters. The van der Waals surface area contributed by atoms with E-state index >= 15 is 0 Å². The summed E-state index contributed by atoms with van der Waals surface area (Å²) in [5.74, 6) is -0.298. The topological polar surface area (TPSA) is 38.7 Å². The summed E-state index contributed by atoms with van der Waals surface area (Å²) < 4.78 is 4.86. The lowest BCUT2D eigenvalue weighted by atomic mass is 10.2. The van der Waals surface area contributed by atoms with Crippen molar-refractivity contribution >= 4 is 12.2 Å². The molecule has 0 aromatic carbocycles. The molecule has 3 heteroatoms. The van der Waals surface area contributed by atoms with Crippen LogP contribution < -0.4 is 0 Å². The van der Waals surface area contributed by atoms with Crippen molar-refractivity contribution in [2.24, 2.45) is 4.99 Å². The quantitative estimate of drug-likeness (QED) is 0.370. The van der Waals surface area contributed by atoms with Crippen molar-refractivity contribution in [2.75, 3.05) is 6.61 Å². The summed E-state index contributed by atoms with van der Waals surface area (Å²) in [6.07, 6.45) is 7.39. The van der Waals surface area contributed by atoms with Crippen molar-refractivity contribution in [1.29, 1.82) is 0 Å². The summed E-state index contributed by atoms with van der Waals surface area (Å²) in [7, 11) is 0. The van der Waals surface area contributed by atoms with Crippen LogP contribution in [-0.4, -0.2) is 24.8 Å². The molecule has 0 aromatic heterocycles. The van der Waals surface area contributed by atoms with Gasteiger partial charge < -0.3 is 4.74 Å². The second-order valence-electron chi connectivity index (χ2n) is 2.62. The van der Waals surface area contributed by atoms with Crippen molar-refractivity contribution in [3.05, 3.63) is 24.8 Å². The van der Waals surface area contributed by atoms with Crippen LogP contribution in [0, 0.1) is 0 Å². The molecule has 0 aliphatic heterocycles. The lowest BCUT2D eigenvalue weighted by Gasteiger charge is -2.07. The molecular formula is C11H17NO2. The van der Waals surface area contributed by atoms with Gasteiger partial charge in [0, 0.05) is 6.21 Å². The third-order valence-corrected chi connectivity index (χ3v) is 1.49. The zero-order valence-corrected chi connectivity index (χ0v) is 8.77. The highest BCUT2D eigenvalue weighted by atomic mass is 16.5. The van der Waals surface area contributed by atoms with Gasteiger partial charge in [-0.05, 0) is 26.3 Å². The first-order valence-electron chi connectivity index (χ1n) is 4.68. The Balaban J connectivity index is 4.26. The summed E-state index contributed by atoms with van der Waals surface area (Å²) in [6, 6.07) is -0.455. The molecule has 0 saturated carbocycles. The molecule has 0 bridgehead atoms. The van der Waals surface area contributed by atoms with Crippen molar-refractivity contribution in [3.8, 4) is 0 Å². The second kappa shape index (κ2) is 8.23. The van der Waals surface area contributed by atoms with Crippen LogP contribution in [-0.2, 0) is 9.53 Å². The van der Waals surface area contributed by atoms with E-state index in [1.807, 2.05) is 13.0 Å². The summed E-state index contributed by atoms with van der Waals surface area (Å²) >= 11 is 0. The fourth-order valence-electron chi connectivity index (χ4n) is 0.854. The van der Waals surface area contributed by atoms with Crippen molar-refractivity contribution in [1.82, 2.24) is 0 Å². The smallest absolute Gasteiger partial charge is 0.331 e. The number of allylic oxidation sites excluding steroid dienone is 2. The molecule has 0 aliphatic rings. The first kappa shape index (κ1) is 12.6. The Hall–Kier alpha value is -1.38. The van der Waals surface area contributed by atoms with Gasteiger partial charge in [0.1, 0.15) is 0 Å². The number of hydrogen-bond acceptors (Lipinski definition) is 3. The van der Waals surface area contributed by atoms with E-state index in [0.29, 0.717) is 13.0 Å². The Bertz CT molecular complexity index is 231. The molecule has 78 valence electrons.